The Morgan fingerprint density at radius 3 is 2.40 bits per heavy atom. The van der Waals surface area contributed by atoms with Crippen molar-refractivity contribution in [2.24, 2.45) is 11.8 Å². The first-order valence-corrected chi connectivity index (χ1v) is 7.18. The Bertz CT molecular complexity index is 516. The maximum atomic E-state index is 12.5. The minimum Gasteiger partial charge on any atom is -0.380 e. The molecule has 0 bridgehead atoms. The van der Waals surface area contributed by atoms with E-state index in [1.54, 1.807) is 7.11 Å². The fraction of sp³-hybridized carbons (Fsp3) is 0.500. The Morgan fingerprint density at radius 2 is 1.80 bits per heavy atom. The number of carbonyl (C=O) groups excluding carboxylic acids is 2. The van der Waals surface area contributed by atoms with E-state index in [9.17, 15) is 9.59 Å². The second-order valence-electron chi connectivity index (χ2n) is 5.61. The largest absolute Gasteiger partial charge is 0.380 e. The van der Waals surface area contributed by atoms with Crippen molar-refractivity contribution in [1.82, 2.24) is 0 Å². The summed E-state index contributed by atoms with van der Waals surface area (Å²) in [5, 5.41) is 0. The Morgan fingerprint density at radius 1 is 1.15 bits per heavy atom. The smallest absolute Gasteiger partial charge is 0.237 e. The Labute approximate surface area is 118 Å². The summed E-state index contributed by atoms with van der Waals surface area (Å²) in [6, 6.07) is 7.50. The molecule has 106 valence electrons. The van der Waals surface area contributed by atoms with Gasteiger partial charge in [0.25, 0.3) is 0 Å². The van der Waals surface area contributed by atoms with Gasteiger partial charge in [0, 0.05) is 7.11 Å². The van der Waals surface area contributed by atoms with Crippen LogP contribution in [0.3, 0.4) is 0 Å². The van der Waals surface area contributed by atoms with Gasteiger partial charge in [-0.1, -0.05) is 25.0 Å². The minimum atomic E-state index is -0.0951. The second kappa shape index (κ2) is 5.37. The SMILES string of the molecule is COCc1cccc(N2C(=O)[C@H]3CCCC[C@@H]3C2=O)c1. The van der Waals surface area contributed by atoms with Crippen molar-refractivity contribution in [3.05, 3.63) is 29.8 Å². The molecular formula is C16H19NO3. The quantitative estimate of drug-likeness (QED) is 0.795. The molecule has 1 aliphatic carbocycles. The standard InChI is InChI=1S/C16H19NO3/c1-20-10-11-5-4-6-12(9-11)17-15(18)13-7-2-3-8-14(13)16(17)19/h4-6,9,13-14H,2-3,7-8,10H2,1H3/t13-,14-/m0/s1. The van der Waals surface area contributed by atoms with Crippen molar-refractivity contribution in [1.29, 1.82) is 0 Å². The van der Waals surface area contributed by atoms with Crippen molar-refractivity contribution < 1.29 is 14.3 Å². The topological polar surface area (TPSA) is 46.6 Å². The number of carbonyl (C=O) groups is 2. The van der Waals surface area contributed by atoms with Gasteiger partial charge in [-0.05, 0) is 30.5 Å². The monoisotopic (exact) mass is 273 g/mol. The molecule has 1 aromatic rings. The fourth-order valence-corrected chi connectivity index (χ4v) is 3.37. The summed E-state index contributed by atoms with van der Waals surface area (Å²) in [4.78, 5) is 26.4. The van der Waals surface area contributed by atoms with Crippen LogP contribution in [0.4, 0.5) is 5.69 Å². The van der Waals surface area contributed by atoms with Crippen LogP contribution < -0.4 is 4.90 Å². The summed E-state index contributed by atoms with van der Waals surface area (Å²) < 4.78 is 5.11. The van der Waals surface area contributed by atoms with E-state index < -0.39 is 0 Å². The van der Waals surface area contributed by atoms with Gasteiger partial charge < -0.3 is 4.74 Å². The number of nitrogens with zero attached hydrogens (tertiary/aromatic N) is 1. The number of methoxy groups -OCH3 is 1. The van der Waals surface area contributed by atoms with E-state index in [-0.39, 0.29) is 23.7 Å². The third-order valence-corrected chi connectivity index (χ3v) is 4.32. The van der Waals surface area contributed by atoms with Gasteiger partial charge in [0.15, 0.2) is 0 Å². The molecule has 1 saturated carbocycles. The molecule has 1 heterocycles. The van der Waals surface area contributed by atoms with E-state index in [4.69, 9.17) is 4.74 Å². The molecule has 1 aliphatic heterocycles. The highest BCUT2D eigenvalue weighted by atomic mass is 16.5. The molecule has 2 atom stereocenters. The molecule has 0 N–H and O–H groups in total. The molecule has 0 radical (unpaired) electrons. The summed E-state index contributed by atoms with van der Waals surface area (Å²) in [7, 11) is 1.63. The zero-order valence-corrected chi connectivity index (χ0v) is 11.7. The maximum absolute atomic E-state index is 12.5. The van der Waals surface area contributed by atoms with E-state index in [2.05, 4.69) is 0 Å². The Hall–Kier alpha value is -1.68. The first-order chi connectivity index (χ1) is 9.72. The van der Waals surface area contributed by atoms with E-state index in [0.717, 1.165) is 31.2 Å². The molecule has 0 aromatic heterocycles. The first kappa shape index (κ1) is 13.3. The Kier molecular flexibility index (Phi) is 3.57. The molecule has 0 unspecified atom stereocenters. The molecule has 20 heavy (non-hydrogen) atoms. The molecule has 4 nitrogen and oxygen atoms in total. The van der Waals surface area contributed by atoms with E-state index in [1.165, 1.54) is 4.90 Å². The molecule has 1 aromatic carbocycles. The van der Waals surface area contributed by atoms with Crippen molar-refractivity contribution in [3.63, 3.8) is 0 Å². The number of benzene rings is 1. The van der Waals surface area contributed by atoms with E-state index in [0.29, 0.717) is 12.3 Å². The molecule has 2 aliphatic rings. The van der Waals surface area contributed by atoms with Crippen LogP contribution >= 0.6 is 0 Å². The zero-order chi connectivity index (χ0) is 14.1. The van der Waals surface area contributed by atoms with Gasteiger partial charge in [-0.15, -0.1) is 0 Å². The highest BCUT2D eigenvalue weighted by Gasteiger charge is 2.48. The molecule has 2 fully saturated rings. The van der Waals surface area contributed by atoms with Crippen LogP contribution in [-0.4, -0.2) is 18.9 Å². The maximum Gasteiger partial charge on any atom is 0.237 e. The van der Waals surface area contributed by atoms with Crippen LogP contribution in [0, 0.1) is 11.8 Å². The number of hydrogen-bond donors (Lipinski definition) is 0. The molecule has 2 amide bonds. The lowest BCUT2D eigenvalue weighted by molar-refractivity contribution is -0.122. The van der Waals surface area contributed by atoms with E-state index in [1.807, 2.05) is 24.3 Å². The number of ether oxygens (including phenoxy) is 1. The third kappa shape index (κ3) is 2.14. The van der Waals surface area contributed by atoms with Gasteiger partial charge in [-0.25, -0.2) is 0 Å². The molecule has 1 saturated heterocycles. The highest BCUT2D eigenvalue weighted by molar-refractivity contribution is 6.22. The number of amides is 2. The van der Waals surface area contributed by atoms with Gasteiger partial charge in [0.1, 0.15) is 0 Å². The number of fused-ring (bicyclic) bond motifs is 1. The lowest BCUT2D eigenvalue weighted by Crippen LogP contribution is -2.30. The predicted octanol–water partition coefficient (Wildman–Crippen LogP) is 2.51. The summed E-state index contributed by atoms with van der Waals surface area (Å²) in [6.07, 6.45) is 3.81. The lowest BCUT2D eigenvalue weighted by Gasteiger charge is -2.19. The van der Waals surface area contributed by atoms with Crippen LogP contribution in [0.5, 0.6) is 0 Å². The van der Waals surface area contributed by atoms with Crippen LogP contribution in [0.1, 0.15) is 31.2 Å². The second-order valence-corrected chi connectivity index (χ2v) is 5.61. The van der Waals surface area contributed by atoms with E-state index >= 15 is 0 Å². The average molecular weight is 273 g/mol. The lowest BCUT2D eigenvalue weighted by atomic mass is 9.81. The van der Waals surface area contributed by atoms with Crippen LogP contribution in [0.2, 0.25) is 0 Å². The van der Waals surface area contributed by atoms with Crippen molar-refractivity contribution in [2.45, 2.75) is 32.3 Å². The first-order valence-electron chi connectivity index (χ1n) is 7.18. The highest BCUT2D eigenvalue weighted by Crippen LogP contribution is 2.40. The average Bonchev–Trinajstić information content (AvgIpc) is 2.72. The van der Waals surface area contributed by atoms with Gasteiger partial charge in [0.2, 0.25) is 11.8 Å². The Balaban J connectivity index is 1.91. The van der Waals surface area contributed by atoms with Gasteiger partial charge in [-0.3, -0.25) is 14.5 Å². The summed E-state index contributed by atoms with van der Waals surface area (Å²) >= 11 is 0. The van der Waals surface area contributed by atoms with Gasteiger partial charge in [0.05, 0.1) is 24.1 Å². The number of imide groups is 1. The van der Waals surface area contributed by atoms with Crippen molar-refractivity contribution >= 4 is 17.5 Å². The van der Waals surface area contributed by atoms with Crippen LogP contribution in [-0.2, 0) is 20.9 Å². The third-order valence-electron chi connectivity index (χ3n) is 4.32. The van der Waals surface area contributed by atoms with Crippen molar-refractivity contribution in [3.8, 4) is 0 Å². The van der Waals surface area contributed by atoms with Crippen molar-refractivity contribution in [2.75, 3.05) is 12.0 Å². The van der Waals surface area contributed by atoms with Crippen LogP contribution in [0.15, 0.2) is 24.3 Å². The van der Waals surface area contributed by atoms with Gasteiger partial charge in [-0.2, -0.15) is 0 Å². The summed E-state index contributed by atoms with van der Waals surface area (Å²) in [5.41, 5.74) is 1.66. The molecular weight excluding hydrogens is 254 g/mol. The summed E-state index contributed by atoms with van der Waals surface area (Å²) in [6.45, 7) is 0.483. The normalized spacial score (nSPS) is 25.9. The number of anilines is 1. The predicted molar refractivity (Wildman–Crippen MR) is 75.1 cm³/mol. The fourth-order valence-electron chi connectivity index (χ4n) is 3.37. The number of hydrogen-bond acceptors (Lipinski definition) is 3. The van der Waals surface area contributed by atoms with Crippen LogP contribution in [0.25, 0.3) is 0 Å². The summed E-state index contributed by atoms with van der Waals surface area (Å²) in [5.74, 6) is -0.229. The minimum absolute atomic E-state index is 0.0192. The van der Waals surface area contributed by atoms with Gasteiger partial charge >= 0.3 is 0 Å². The zero-order valence-electron chi connectivity index (χ0n) is 11.7. The molecule has 3 rings (SSSR count). The molecule has 4 heteroatoms. The number of rotatable bonds is 3. The molecule has 0 spiro atoms.